The summed E-state index contributed by atoms with van der Waals surface area (Å²) in [5, 5.41) is 3.13. The van der Waals surface area contributed by atoms with Crippen LogP contribution in [0.25, 0.3) is 0 Å². The molecule has 2 aromatic rings. The normalized spacial score (nSPS) is 22.6. The smallest absolute Gasteiger partial charge is 0.251 e. The van der Waals surface area contributed by atoms with Crippen molar-refractivity contribution in [3.8, 4) is 23.0 Å². The zero-order valence-corrected chi connectivity index (χ0v) is 17.0. The first-order valence-electron chi connectivity index (χ1n) is 10.4. The third-order valence-electron chi connectivity index (χ3n) is 6.14. The molecule has 1 amide bonds. The van der Waals surface area contributed by atoms with Crippen molar-refractivity contribution in [3.63, 3.8) is 0 Å². The molecule has 0 aliphatic carbocycles. The number of hydrogen-bond donors (Lipinski definition) is 3. The fraction of sp³-hybridized carbons (Fsp3) is 0.409. The van der Waals surface area contributed by atoms with Crippen LogP contribution in [0.2, 0.25) is 0 Å². The molecule has 3 N–H and O–H groups in total. The molecule has 158 valence electrons. The van der Waals surface area contributed by atoms with Gasteiger partial charge in [-0.1, -0.05) is 0 Å². The summed E-state index contributed by atoms with van der Waals surface area (Å²) in [7, 11) is 2.23. The lowest BCUT2D eigenvalue weighted by molar-refractivity contribution is -1.02. The van der Waals surface area contributed by atoms with E-state index in [0.717, 1.165) is 43.2 Å². The molecule has 0 aromatic heterocycles. The highest BCUT2D eigenvalue weighted by Gasteiger charge is 2.31. The Labute approximate surface area is 175 Å². The Morgan fingerprint density at radius 3 is 2.27 bits per heavy atom. The van der Waals surface area contributed by atoms with Gasteiger partial charge in [-0.2, -0.15) is 0 Å². The number of carbonyl (C=O) groups is 1. The highest BCUT2D eigenvalue weighted by molar-refractivity contribution is 5.94. The van der Waals surface area contributed by atoms with Crippen LogP contribution >= 0.6 is 0 Å². The van der Waals surface area contributed by atoms with Gasteiger partial charge in [0.05, 0.1) is 13.6 Å². The molecule has 3 aliphatic heterocycles. The van der Waals surface area contributed by atoms with Crippen molar-refractivity contribution < 1.29 is 33.5 Å². The quantitative estimate of drug-likeness (QED) is 0.588. The molecule has 1 atom stereocenters. The van der Waals surface area contributed by atoms with Crippen molar-refractivity contribution in [2.45, 2.75) is 6.04 Å². The van der Waals surface area contributed by atoms with Crippen LogP contribution < -0.4 is 34.1 Å². The molecule has 0 spiro atoms. The summed E-state index contributed by atoms with van der Waals surface area (Å²) in [6.45, 7) is 5.35. The standard InChI is InChI=1S/C22H25N3O5/c1-24-6-8-25(9-7-24)17(15-2-4-18-20(10-15)29-13-27-18)12-23-22(26)16-3-5-19-21(11-16)30-14-28-19/h2-5,10-11,17H,6-9,12-14H2,1H3,(H,23,26)/p+2/t17-/m0/s1. The Balaban J connectivity index is 1.33. The van der Waals surface area contributed by atoms with E-state index < -0.39 is 0 Å². The molecule has 3 heterocycles. The Bertz CT molecular complexity index is 942. The first-order chi connectivity index (χ1) is 14.7. The van der Waals surface area contributed by atoms with Crippen molar-refractivity contribution in [1.29, 1.82) is 0 Å². The van der Waals surface area contributed by atoms with Crippen LogP contribution in [0.5, 0.6) is 23.0 Å². The Hall–Kier alpha value is -2.97. The van der Waals surface area contributed by atoms with E-state index in [2.05, 4.69) is 24.5 Å². The number of nitrogens with one attached hydrogen (secondary N) is 3. The number of rotatable bonds is 5. The summed E-state index contributed by atoms with van der Waals surface area (Å²) in [6, 6.07) is 11.5. The van der Waals surface area contributed by atoms with E-state index in [1.54, 1.807) is 23.1 Å². The topological polar surface area (TPSA) is 74.9 Å². The number of piperazine rings is 1. The molecule has 8 heteroatoms. The van der Waals surface area contributed by atoms with Gasteiger partial charge in [-0.3, -0.25) is 4.79 Å². The summed E-state index contributed by atoms with van der Waals surface area (Å²) in [6.07, 6.45) is 0. The molecule has 0 saturated carbocycles. The zero-order chi connectivity index (χ0) is 20.5. The molecule has 0 bridgehead atoms. The van der Waals surface area contributed by atoms with Crippen LogP contribution in [0.1, 0.15) is 22.0 Å². The van der Waals surface area contributed by atoms with Crippen LogP contribution in [-0.2, 0) is 0 Å². The monoisotopic (exact) mass is 413 g/mol. The minimum absolute atomic E-state index is 0.113. The van der Waals surface area contributed by atoms with E-state index in [9.17, 15) is 4.79 Å². The molecule has 3 aliphatic rings. The average molecular weight is 413 g/mol. The first-order valence-corrected chi connectivity index (χ1v) is 10.4. The second-order valence-electron chi connectivity index (χ2n) is 8.06. The summed E-state index contributed by atoms with van der Waals surface area (Å²) in [4.78, 5) is 15.9. The molecular formula is C22H27N3O5+2. The molecule has 0 radical (unpaired) electrons. The van der Waals surface area contributed by atoms with Crippen LogP contribution in [-0.4, -0.2) is 59.3 Å². The lowest BCUT2D eigenvalue weighted by Gasteiger charge is -2.33. The third kappa shape index (κ3) is 3.76. The molecule has 2 aromatic carbocycles. The molecule has 1 saturated heterocycles. The largest absolute Gasteiger partial charge is 0.454 e. The van der Waals surface area contributed by atoms with Crippen molar-refractivity contribution in [2.24, 2.45) is 0 Å². The Morgan fingerprint density at radius 2 is 1.53 bits per heavy atom. The molecule has 5 rings (SSSR count). The van der Waals surface area contributed by atoms with Crippen LogP contribution in [0.15, 0.2) is 36.4 Å². The maximum atomic E-state index is 12.8. The number of quaternary nitrogens is 2. The van der Waals surface area contributed by atoms with Gasteiger partial charge >= 0.3 is 0 Å². The van der Waals surface area contributed by atoms with Gasteiger partial charge in [-0.25, -0.2) is 0 Å². The second-order valence-corrected chi connectivity index (χ2v) is 8.06. The van der Waals surface area contributed by atoms with Gasteiger partial charge in [-0.15, -0.1) is 0 Å². The Morgan fingerprint density at radius 1 is 0.900 bits per heavy atom. The maximum absolute atomic E-state index is 12.8. The number of ether oxygens (including phenoxy) is 4. The average Bonchev–Trinajstić information content (AvgIpc) is 3.43. The van der Waals surface area contributed by atoms with Gasteiger partial charge in [0.1, 0.15) is 32.2 Å². The molecular weight excluding hydrogens is 386 g/mol. The fourth-order valence-corrected chi connectivity index (χ4v) is 4.31. The summed E-state index contributed by atoms with van der Waals surface area (Å²) < 4.78 is 21.8. The van der Waals surface area contributed by atoms with E-state index >= 15 is 0 Å². The highest BCUT2D eigenvalue weighted by Crippen LogP contribution is 2.34. The second kappa shape index (κ2) is 8.04. The zero-order valence-electron chi connectivity index (χ0n) is 17.0. The van der Waals surface area contributed by atoms with Crippen molar-refractivity contribution >= 4 is 5.91 Å². The number of carbonyl (C=O) groups excluding carboxylic acids is 1. The first kappa shape index (κ1) is 19.0. The molecule has 1 fully saturated rings. The van der Waals surface area contributed by atoms with Crippen LogP contribution in [0.3, 0.4) is 0 Å². The lowest BCUT2D eigenvalue weighted by Crippen LogP contribution is -3.27. The van der Waals surface area contributed by atoms with Crippen molar-refractivity contribution in [3.05, 3.63) is 47.5 Å². The predicted octanol–water partition coefficient (Wildman–Crippen LogP) is -0.972. The van der Waals surface area contributed by atoms with E-state index in [-0.39, 0.29) is 25.5 Å². The minimum Gasteiger partial charge on any atom is -0.454 e. The molecule has 8 nitrogen and oxygen atoms in total. The van der Waals surface area contributed by atoms with Gasteiger partial charge < -0.3 is 34.1 Å². The maximum Gasteiger partial charge on any atom is 0.251 e. The van der Waals surface area contributed by atoms with E-state index in [1.807, 2.05) is 6.07 Å². The summed E-state index contributed by atoms with van der Waals surface area (Å²) >= 11 is 0. The number of benzene rings is 2. The van der Waals surface area contributed by atoms with Crippen LogP contribution in [0.4, 0.5) is 0 Å². The molecule has 30 heavy (non-hydrogen) atoms. The van der Waals surface area contributed by atoms with Gasteiger partial charge in [0.2, 0.25) is 13.6 Å². The van der Waals surface area contributed by atoms with Crippen LogP contribution in [0, 0.1) is 0 Å². The number of fused-ring (bicyclic) bond motifs is 2. The van der Waals surface area contributed by atoms with E-state index in [1.165, 1.54) is 4.90 Å². The van der Waals surface area contributed by atoms with Crippen molar-refractivity contribution in [1.82, 2.24) is 5.32 Å². The SMILES string of the molecule is C[NH+]1CC[NH+]([C@@H](CNC(=O)c2ccc3c(c2)OCO3)c2ccc3c(c2)OCO3)CC1. The highest BCUT2D eigenvalue weighted by atomic mass is 16.7. The van der Waals surface area contributed by atoms with E-state index in [0.29, 0.717) is 23.6 Å². The third-order valence-corrected chi connectivity index (χ3v) is 6.14. The van der Waals surface area contributed by atoms with Gasteiger partial charge in [-0.05, 0) is 36.4 Å². The fourth-order valence-electron chi connectivity index (χ4n) is 4.31. The number of likely N-dealkylation sites (N-methyl/N-ethyl adjacent to an activating group) is 1. The summed E-state index contributed by atoms with van der Waals surface area (Å²) in [5.74, 6) is 2.73. The van der Waals surface area contributed by atoms with Gasteiger partial charge in [0.25, 0.3) is 5.91 Å². The van der Waals surface area contributed by atoms with Gasteiger partial charge in [0, 0.05) is 11.1 Å². The summed E-state index contributed by atoms with van der Waals surface area (Å²) in [5.41, 5.74) is 1.72. The number of amides is 1. The Kier molecular flexibility index (Phi) is 5.10. The van der Waals surface area contributed by atoms with E-state index in [4.69, 9.17) is 18.9 Å². The predicted molar refractivity (Wildman–Crippen MR) is 108 cm³/mol. The minimum atomic E-state index is -0.113. The molecule has 0 unspecified atom stereocenters. The van der Waals surface area contributed by atoms with Gasteiger partial charge in [0.15, 0.2) is 23.0 Å². The lowest BCUT2D eigenvalue weighted by atomic mass is 10.0. The number of hydrogen-bond acceptors (Lipinski definition) is 5. The van der Waals surface area contributed by atoms with Crippen molar-refractivity contribution in [2.75, 3.05) is 53.4 Å².